The highest BCUT2D eigenvalue weighted by Gasteiger charge is 2.14. The number of carbonyl (C=O) groups excluding carboxylic acids is 2. The van der Waals surface area contributed by atoms with Gasteiger partial charge in [0.15, 0.2) is 0 Å². The quantitative estimate of drug-likeness (QED) is 0.758. The number of nitrogens with zero attached hydrogens (tertiary/aromatic N) is 1. The smallest absolute Gasteiger partial charge is 0.221 e. The molecule has 0 bridgehead atoms. The van der Waals surface area contributed by atoms with Gasteiger partial charge in [-0.05, 0) is 32.0 Å². The van der Waals surface area contributed by atoms with E-state index in [0.717, 1.165) is 6.54 Å². The second kappa shape index (κ2) is 7.69. The molecule has 19 heavy (non-hydrogen) atoms. The Morgan fingerprint density at radius 1 is 1.42 bits per heavy atom. The van der Waals surface area contributed by atoms with Gasteiger partial charge in [0, 0.05) is 19.0 Å². The number of hydrogen-bond donors (Lipinski definition) is 1. The number of benzene rings is 1. The van der Waals surface area contributed by atoms with E-state index in [4.69, 9.17) is 0 Å². The third-order valence-corrected chi connectivity index (χ3v) is 3.30. The largest absolute Gasteiger partial charge is 0.349 e. The first-order chi connectivity index (χ1) is 9.04. The maximum atomic E-state index is 11.5. The van der Waals surface area contributed by atoms with Gasteiger partial charge < -0.3 is 10.1 Å². The summed E-state index contributed by atoms with van der Waals surface area (Å²) in [6.45, 7) is 5.01. The maximum absolute atomic E-state index is 11.5. The van der Waals surface area contributed by atoms with Crippen molar-refractivity contribution in [2.75, 3.05) is 13.6 Å². The summed E-state index contributed by atoms with van der Waals surface area (Å²) in [6, 6.07) is 8.37. The summed E-state index contributed by atoms with van der Waals surface area (Å²) in [5.41, 5.74) is 2.53. The number of aryl methyl sites for hydroxylation is 1. The molecule has 104 valence electrons. The summed E-state index contributed by atoms with van der Waals surface area (Å²) < 4.78 is 0. The fraction of sp³-hybridized carbons (Fsp3) is 0.467. The molecule has 0 radical (unpaired) electrons. The van der Waals surface area contributed by atoms with Crippen LogP contribution in [0.2, 0.25) is 0 Å². The summed E-state index contributed by atoms with van der Waals surface area (Å²) in [6.07, 6.45) is 1.09. The lowest BCUT2D eigenvalue weighted by molar-refractivity contribution is -0.123. The minimum Gasteiger partial charge on any atom is -0.349 e. The van der Waals surface area contributed by atoms with Crippen molar-refractivity contribution < 1.29 is 9.59 Å². The zero-order valence-electron chi connectivity index (χ0n) is 11.8. The summed E-state index contributed by atoms with van der Waals surface area (Å²) in [4.78, 5) is 23.9. The molecule has 1 aromatic carbocycles. The minimum absolute atomic E-state index is 0.0868. The van der Waals surface area contributed by atoms with Crippen LogP contribution in [0.4, 0.5) is 0 Å². The molecule has 1 N–H and O–H groups in total. The number of rotatable bonds is 7. The van der Waals surface area contributed by atoms with Crippen molar-refractivity contribution in [1.82, 2.24) is 10.2 Å². The van der Waals surface area contributed by atoms with Crippen molar-refractivity contribution in [2.45, 2.75) is 32.9 Å². The Balaban J connectivity index is 2.49. The van der Waals surface area contributed by atoms with Crippen LogP contribution in [0.15, 0.2) is 24.3 Å². The molecule has 4 heteroatoms. The third-order valence-electron chi connectivity index (χ3n) is 3.30. The molecule has 1 amide bonds. The Kier molecular flexibility index (Phi) is 6.22. The molecule has 4 nitrogen and oxygen atoms in total. The van der Waals surface area contributed by atoms with Crippen LogP contribution >= 0.6 is 0 Å². The minimum atomic E-state index is -0.0868. The summed E-state index contributed by atoms with van der Waals surface area (Å²) in [7, 11) is 2.00. The second-order valence-electron chi connectivity index (χ2n) is 4.87. The zero-order valence-corrected chi connectivity index (χ0v) is 11.8. The van der Waals surface area contributed by atoms with E-state index in [0.29, 0.717) is 12.7 Å². The second-order valence-corrected chi connectivity index (χ2v) is 4.87. The molecule has 0 aliphatic rings. The average Bonchev–Trinajstić information content (AvgIpc) is 2.38. The molecule has 0 aliphatic carbocycles. The number of carbonyl (C=O) groups is 2. The number of hydrogen-bond acceptors (Lipinski definition) is 3. The van der Waals surface area contributed by atoms with Crippen LogP contribution in [-0.2, 0) is 16.1 Å². The van der Waals surface area contributed by atoms with Crippen LogP contribution in [0.5, 0.6) is 0 Å². The van der Waals surface area contributed by atoms with E-state index in [1.54, 1.807) is 0 Å². The van der Waals surface area contributed by atoms with Crippen molar-refractivity contribution >= 4 is 12.2 Å². The molecular formula is C15H22N2O2. The SMILES string of the molecule is Cc1ccccc1CN(C)C(C)CC(=O)NCC=O. The van der Waals surface area contributed by atoms with Gasteiger partial charge in [-0.25, -0.2) is 0 Å². The Bertz CT molecular complexity index is 432. The van der Waals surface area contributed by atoms with Gasteiger partial charge >= 0.3 is 0 Å². The fourth-order valence-corrected chi connectivity index (χ4v) is 1.86. The van der Waals surface area contributed by atoms with Crippen molar-refractivity contribution in [1.29, 1.82) is 0 Å². The van der Waals surface area contributed by atoms with Gasteiger partial charge in [-0.1, -0.05) is 24.3 Å². The standard InChI is InChI=1S/C15H22N2O2/c1-12-6-4-5-7-14(12)11-17(3)13(2)10-15(19)16-8-9-18/h4-7,9,13H,8,10-11H2,1-3H3,(H,16,19). The van der Waals surface area contributed by atoms with Crippen LogP contribution in [0.25, 0.3) is 0 Å². The molecule has 0 aliphatic heterocycles. The molecule has 0 fully saturated rings. The molecule has 0 aromatic heterocycles. The molecule has 1 rings (SSSR count). The molecule has 1 unspecified atom stereocenters. The van der Waals surface area contributed by atoms with Crippen molar-refractivity contribution in [3.63, 3.8) is 0 Å². The summed E-state index contributed by atoms with van der Waals surface area (Å²) in [5, 5.41) is 2.56. The van der Waals surface area contributed by atoms with Gasteiger partial charge in [-0.3, -0.25) is 9.69 Å². The van der Waals surface area contributed by atoms with Crippen molar-refractivity contribution in [3.05, 3.63) is 35.4 Å². The van der Waals surface area contributed by atoms with E-state index in [-0.39, 0.29) is 18.5 Å². The lowest BCUT2D eigenvalue weighted by atomic mass is 10.1. The first-order valence-electron chi connectivity index (χ1n) is 6.49. The number of aldehydes is 1. The normalized spacial score (nSPS) is 12.2. The Morgan fingerprint density at radius 3 is 2.74 bits per heavy atom. The third kappa shape index (κ3) is 5.22. The lowest BCUT2D eigenvalue weighted by Gasteiger charge is -2.25. The molecule has 0 heterocycles. The average molecular weight is 262 g/mol. The van der Waals surface area contributed by atoms with E-state index >= 15 is 0 Å². The number of nitrogens with one attached hydrogen (secondary N) is 1. The zero-order chi connectivity index (χ0) is 14.3. The van der Waals surface area contributed by atoms with Crippen LogP contribution in [0.3, 0.4) is 0 Å². The van der Waals surface area contributed by atoms with Gasteiger partial charge in [-0.2, -0.15) is 0 Å². The van der Waals surface area contributed by atoms with E-state index < -0.39 is 0 Å². The topological polar surface area (TPSA) is 49.4 Å². The Hall–Kier alpha value is -1.68. The van der Waals surface area contributed by atoms with E-state index in [9.17, 15) is 9.59 Å². The Morgan fingerprint density at radius 2 is 2.11 bits per heavy atom. The van der Waals surface area contributed by atoms with E-state index in [1.807, 2.05) is 26.1 Å². The predicted molar refractivity (Wildman–Crippen MR) is 75.8 cm³/mol. The monoisotopic (exact) mass is 262 g/mol. The lowest BCUT2D eigenvalue weighted by Crippen LogP contribution is -2.35. The van der Waals surface area contributed by atoms with Gasteiger partial charge in [0.1, 0.15) is 6.29 Å². The first-order valence-corrected chi connectivity index (χ1v) is 6.49. The highest BCUT2D eigenvalue weighted by atomic mass is 16.2. The molecule has 1 aromatic rings. The summed E-state index contributed by atoms with van der Waals surface area (Å²) in [5.74, 6) is -0.0868. The van der Waals surface area contributed by atoms with Gasteiger partial charge in [0.2, 0.25) is 5.91 Å². The number of amides is 1. The van der Waals surface area contributed by atoms with Crippen LogP contribution in [-0.4, -0.2) is 36.7 Å². The predicted octanol–water partition coefficient (Wildman–Crippen LogP) is 1.52. The van der Waals surface area contributed by atoms with Gasteiger partial charge in [-0.15, -0.1) is 0 Å². The Labute approximate surface area is 114 Å². The van der Waals surface area contributed by atoms with Crippen LogP contribution in [0.1, 0.15) is 24.5 Å². The molecular weight excluding hydrogens is 240 g/mol. The fourth-order valence-electron chi connectivity index (χ4n) is 1.86. The molecule has 0 spiro atoms. The van der Waals surface area contributed by atoms with Crippen LogP contribution < -0.4 is 5.32 Å². The van der Waals surface area contributed by atoms with Crippen LogP contribution in [0, 0.1) is 6.92 Å². The van der Waals surface area contributed by atoms with E-state index in [1.165, 1.54) is 11.1 Å². The summed E-state index contributed by atoms with van der Waals surface area (Å²) >= 11 is 0. The van der Waals surface area contributed by atoms with Gasteiger partial charge in [0.05, 0.1) is 6.54 Å². The maximum Gasteiger partial charge on any atom is 0.221 e. The first kappa shape index (κ1) is 15.4. The molecule has 0 saturated carbocycles. The molecule has 1 atom stereocenters. The van der Waals surface area contributed by atoms with E-state index in [2.05, 4.69) is 29.3 Å². The van der Waals surface area contributed by atoms with Gasteiger partial charge in [0.25, 0.3) is 0 Å². The van der Waals surface area contributed by atoms with Crippen molar-refractivity contribution in [2.24, 2.45) is 0 Å². The highest BCUT2D eigenvalue weighted by Crippen LogP contribution is 2.12. The highest BCUT2D eigenvalue weighted by molar-refractivity contribution is 5.78. The van der Waals surface area contributed by atoms with Crippen molar-refractivity contribution in [3.8, 4) is 0 Å². The molecule has 0 saturated heterocycles.